The molecule has 0 aliphatic rings. The van der Waals surface area contributed by atoms with Crippen molar-refractivity contribution in [2.75, 3.05) is 6.54 Å². The molecule has 17 heavy (non-hydrogen) atoms. The molecule has 1 aromatic rings. The molecule has 0 aliphatic carbocycles. The van der Waals surface area contributed by atoms with E-state index < -0.39 is 0 Å². The van der Waals surface area contributed by atoms with Gasteiger partial charge in [-0.05, 0) is 69.6 Å². The quantitative estimate of drug-likeness (QED) is 0.551. The summed E-state index contributed by atoms with van der Waals surface area (Å²) in [4.78, 5) is 11.9. The van der Waals surface area contributed by atoms with E-state index in [1.54, 1.807) is 0 Å². The van der Waals surface area contributed by atoms with Gasteiger partial charge >= 0.3 is 0 Å². The summed E-state index contributed by atoms with van der Waals surface area (Å²) in [6, 6.07) is 5.69. The van der Waals surface area contributed by atoms with Gasteiger partial charge in [-0.25, -0.2) is 0 Å². The van der Waals surface area contributed by atoms with Crippen molar-refractivity contribution in [2.24, 2.45) is 0 Å². The van der Waals surface area contributed by atoms with Crippen molar-refractivity contribution in [3.05, 3.63) is 31.8 Å². The largest absolute Gasteiger partial charge is 0.352 e. The lowest BCUT2D eigenvalue weighted by atomic mass is 10.2. The van der Waals surface area contributed by atoms with Crippen LogP contribution in [0.25, 0.3) is 0 Å². The van der Waals surface area contributed by atoms with Crippen molar-refractivity contribution < 1.29 is 4.79 Å². The average Bonchev–Trinajstić information content (AvgIpc) is 2.31. The van der Waals surface area contributed by atoms with Crippen LogP contribution in [0.2, 0.25) is 0 Å². The first-order valence-electron chi connectivity index (χ1n) is 5.42. The zero-order valence-electron chi connectivity index (χ0n) is 9.47. The molecule has 1 rings (SSSR count). The number of nitrogens with one attached hydrogen (secondary N) is 1. The van der Waals surface area contributed by atoms with Gasteiger partial charge in [0.15, 0.2) is 0 Å². The first-order valence-corrected chi connectivity index (χ1v) is 7.72. The average molecular weight is 431 g/mol. The Morgan fingerprint density at radius 1 is 1.59 bits per heavy atom. The van der Waals surface area contributed by atoms with Gasteiger partial charge in [-0.15, -0.1) is 11.6 Å². The zero-order chi connectivity index (χ0) is 12.8. The van der Waals surface area contributed by atoms with E-state index in [4.69, 9.17) is 11.6 Å². The van der Waals surface area contributed by atoms with E-state index in [0.29, 0.717) is 12.1 Å². The third-order valence-corrected chi connectivity index (χ3v) is 4.25. The summed E-state index contributed by atoms with van der Waals surface area (Å²) >= 11 is 11.6. The number of hydrogen-bond acceptors (Lipinski definition) is 1. The topological polar surface area (TPSA) is 29.1 Å². The molecule has 0 heterocycles. The molecule has 0 radical (unpaired) electrons. The van der Waals surface area contributed by atoms with Crippen LogP contribution in [0.15, 0.2) is 22.7 Å². The fourth-order valence-electron chi connectivity index (χ4n) is 1.31. The first-order chi connectivity index (χ1) is 8.04. The Hall–Kier alpha value is 0.190. The zero-order valence-corrected chi connectivity index (χ0v) is 14.0. The highest BCUT2D eigenvalue weighted by atomic mass is 127. The number of rotatable bonds is 5. The van der Waals surface area contributed by atoms with Crippen LogP contribution in [0.3, 0.4) is 0 Å². The van der Waals surface area contributed by atoms with Gasteiger partial charge in [-0.1, -0.05) is 6.92 Å². The monoisotopic (exact) mass is 429 g/mol. The molecular formula is C12H14BrClINO. The molecular weight excluding hydrogens is 416 g/mol. The minimum absolute atomic E-state index is 0.0599. The molecule has 0 fully saturated rings. The number of hydrogen-bond donors (Lipinski definition) is 1. The molecule has 0 saturated heterocycles. The Balaban J connectivity index is 2.55. The van der Waals surface area contributed by atoms with E-state index in [1.165, 1.54) is 0 Å². The first kappa shape index (κ1) is 15.2. The van der Waals surface area contributed by atoms with Gasteiger partial charge in [0.1, 0.15) is 0 Å². The standard InChI is InChI=1S/C12H14BrClINO/c1-2-8(14)5-6-16-12(17)10-7-9(15)3-4-11(10)13/h3-4,7-8H,2,5-6H2,1H3,(H,16,17). The van der Waals surface area contributed by atoms with Gasteiger partial charge in [-0.3, -0.25) is 4.79 Å². The summed E-state index contributed by atoms with van der Waals surface area (Å²) in [5, 5.41) is 3.01. The second-order valence-electron chi connectivity index (χ2n) is 3.67. The maximum atomic E-state index is 11.9. The van der Waals surface area contributed by atoms with Crippen molar-refractivity contribution in [3.63, 3.8) is 0 Å². The fraction of sp³-hybridized carbons (Fsp3) is 0.417. The van der Waals surface area contributed by atoms with Gasteiger partial charge in [-0.2, -0.15) is 0 Å². The van der Waals surface area contributed by atoms with Crippen molar-refractivity contribution in [2.45, 2.75) is 25.1 Å². The van der Waals surface area contributed by atoms with Crippen LogP contribution in [0.1, 0.15) is 30.1 Å². The lowest BCUT2D eigenvalue weighted by Gasteiger charge is -2.09. The lowest BCUT2D eigenvalue weighted by Crippen LogP contribution is -2.26. The van der Waals surface area contributed by atoms with E-state index in [9.17, 15) is 4.79 Å². The molecule has 0 spiro atoms. The van der Waals surface area contributed by atoms with Crippen LogP contribution in [-0.2, 0) is 0 Å². The molecule has 1 atom stereocenters. The second-order valence-corrected chi connectivity index (χ2v) is 6.39. The molecule has 2 nitrogen and oxygen atoms in total. The maximum Gasteiger partial charge on any atom is 0.252 e. The Morgan fingerprint density at radius 3 is 2.94 bits per heavy atom. The van der Waals surface area contributed by atoms with Crippen LogP contribution >= 0.6 is 50.1 Å². The van der Waals surface area contributed by atoms with Crippen LogP contribution < -0.4 is 5.32 Å². The molecule has 0 aromatic heterocycles. The minimum atomic E-state index is -0.0599. The molecule has 0 aliphatic heterocycles. The molecule has 1 unspecified atom stereocenters. The molecule has 1 N–H and O–H groups in total. The van der Waals surface area contributed by atoms with Crippen molar-refractivity contribution in [1.29, 1.82) is 0 Å². The predicted molar refractivity (Wildman–Crippen MR) is 83.7 cm³/mol. The van der Waals surface area contributed by atoms with Crippen molar-refractivity contribution >= 4 is 56.0 Å². The smallest absolute Gasteiger partial charge is 0.252 e. The maximum absolute atomic E-state index is 11.9. The summed E-state index contributed by atoms with van der Waals surface area (Å²) in [6.45, 7) is 2.65. The summed E-state index contributed by atoms with van der Waals surface area (Å²) in [5.41, 5.74) is 0.666. The highest BCUT2D eigenvalue weighted by Gasteiger charge is 2.10. The van der Waals surface area contributed by atoms with E-state index >= 15 is 0 Å². The summed E-state index contributed by atoms with van der Waals surface area (Å²) in [6.07, 6.45) is 1.72. The van der Waals surface area contributed by atoms with Crippen LogP contribution in [0, 0.1) is 3.57 Å². The van der Waals surface area contributed by atoms with Crippen molar-refractivity contribution in [3.8, 4) is 0 Å². The Bertz CT molecular complexity index is 400. The Kier molecular flexibility index (Phi) is 6.80. The molecule has 0 bridgehead atoms. The number of amides is 1. The number of carbonyl (C=O) groups excluding carboxylic acids is 1. The normalized spacial score (nSPS) is 12.2. The van der Waals surface area contributed by atoms with Gasteiger partial charge < -0.3 is 5.32 Å². The molecule has 0 saturated carbocycles. The highest BCUT2D eigenvalue weighted by molar-refractivity contribution is 14.1. The van der Waals surface area contributed by atoms with Gasteiger partial charge in [0, 0.05) is 20.0 Å². The molecule has 1 aromatic carbocycles. The Morgan fingerprint density at radius 2 is 2.29 bits per heavy atom. The molecule has 1 amide bonds. The summed E-state index contributed by atoms with van der Waals surface area (Å²) < 4.78 is 1.85. The van der Waals surface area contributed by atoms with Crippen LogP contribution in [0.5, 0.6) is 0 Å². The van der Waals surface area contributed by atoms with Crippen LogP contribution in [0.4, 0.5) is 0 Å². The predicted octanol–water partition coefficient (Wildman–Crippen LogP) is 4.19. The van der Waals surface area contributed by atoms with Gasteiger partial charge in [0.05, 0.1) is 5.56 Å². The van der Waals surface area contributed by atoms with E-state index in [0.717, 1.165) is 20.9 Å². The summed E-state index contributed by atoms with van der Waals surface area (Å²) in [5.74, 6) is -0.0599. The summed E-state index contributed by atoms with van der Waals surface area (Å²) in [7, 11) is 0. The van der Waals surface area contributed by atoms with Gasteiger partial charge in [0.25, 0.3) is 5.91 Å². The Labute approximate surface area is 129 Å². The SMILES string of the molecule is CCC(Cl)CCNC(=O)c1cc(I)ccc1Br. The number of halogens is 3. The van der Waals surface area contributed by atoms with Gasteiger partial charge in [0.2, 0.25) is 0 Å². The van der Waals surface area contributed by atoms with Crippen molar-refractivity contribution in [1.82, 2.24) is 5.32 Å². The molecule has 94 valence electrons. The number of alkyl halides is 1. The number of benzene rings is 1. The molecule has 5 heteroatoms. The third kappa shape index (κ3) is 5.14. The lowest BCUT2D eigenvalue weighted by molar-refractivity contribution is 0.0952. The van der Waals surface area contributed by atoms with E-state index in [1.807, 2.05) is 25.1 Å². The minimum Gasteiger partial charge on any atom is -0.352 e. The van der Waals surface area contributed by atoms with Crippen LogP contribution in [-0.4, -0.2) is 17.8 Å². The van der Waals surface area contributed by atoms with E-state index in [-0.39, 0.29) is 11.3 Å². The fourth-order valence-corrected chi connectivity index (χ4v) is 2.34. The second kappa shape index (κ2) is 7.59. The third-order valence-electron chi connectivity index (χ3n) is 2.36. The number of carbonyl (C=O) groups is 1. The van der Waals surface area contributed by atoms with E-state index in [2.05, 4.69) is 43.8 Å². The highest BCUT2D eigenvalue weighted by Crippen LogP contribution is 2.19.